The van der Waals surface area contributed by atoms with Gasteiger partial charge in [0, 0.05) is 26.0 Å². The number of morpholine rings is 1. The molecule has 19 heavy (non-hydrogen) atoms. The SMILES string of the molecule is CNC(=O)[C@]1(C)CN(C(=O)Cn2cccn2)CCO1. The van der Waals surface area contributed by atoms with Crippen LogP contribution in [0.3, 0.4) is 0 Å². The number of nitrogens with zero attached hydrogens (tertiary/aromatic N) is 3. The topological polar surface area (TPSA) is 76.5 Å². The summed E-state index contributed by atoms with van der Waals surface area (Å²) in [5, 5.41) is 6.56. The predicted octanol–water partition coefficient (Wildman–Crippen LogP) is -0.753. The van der Waals surface area contributed by atoms with E-state index in [2.05, 4.69) is 10.4 Å². The van der Waals surface area contributed by atoms with E-state index in [0.717, 1.165) is 0 Å². The molecule has 0 aliphatic carbocycles. The minimum absolute atomic E-state index is 0.0675. The van der Waals surface area contributed by atoms with E-state index in [-0.39, 0.29) is 24.9 Å². The zero-order valence-electron chi connectivity index (χ0n) is 11.1. The molecule has 1 aromatic rings. The van der Waals surface area contributed by atoms with Crippen molar-refractivity contribution in [2.75, 3.05) is 26.7 Å². The van der Waals surface area contributed by atoms with Gasteiger partial charge in [0.05, 0.1) is 13.2 Å². The quantitative estimate of drug-likeness (QED) is 0.780. The highest BCUT2D eigenvalue weighted by atomic mass is 16.5. The third-order valence-electron chi connectivity index (χ3n) is 3.19. The Balaban J connectivity index is 2.01. The summed E-state index contributed by atoms with van der Waals surface area (Å²) in [5.41, 5.74) is -0.979. The number of hydrogen-bond donors (Lipinski definition) is 1. The van der Waals surface area contributed by atoms with Gasteiger partial charge in [0.2, 0.25) is 5.91 Å². The van der Waals surface area contributed by atoms with Crippen LogP contribution in [0.1, 0.15) is 6.92 Å². The highest BCUT2D eigenvalue weighted by Crippen LogP contribution is 2.18. The average molecular weight is 266 g/mol. The zero-order chi connectivity index (χ0) is 13.9. The monoisotopic (exact) mass is 266 g/mol. The average Bonchev–Trinajstić information content (AvgIpc) is 2.90. The van der Waals surface area contributed by atoms with Crippen molar-refractivity contribution < 1.29 is 14.3 Å². The highest BCUT2D eigenvalue weighted by molar-refractivity contribution is 5.86. The molecule has 0 unspecified atom stereocenters. The molecule has 0 spiro atoms. The van der Waals surface area contributed by atoms with Gasteiger partial charge in [0.25, 0.3) is 5.91 Å². The molecule has 7 heteroatoms. The van der Waals surface area contributed by atoms with E-state index in [1.54, 1.807) is 42.0 Å². The Labute approximate surface area is 111 Å². The Morgan fingerprint density at radius 2 is 2.32 bits per heavy atom. The van der Waals surface area contributed by atoms with Crippen LogP contribution >= 0.6 is 0 Å². The Kier molecular flexibility index (Phi) is 3.84. The largest absolute Gasteiger partial charge is 0.362 e. The van der Waals surface area contributed by atoms with Gasteiger partial charge in [-0.2, -0.15) is 5.10 Å². The molecule has 2 heterocycles. The van der Waals surface area contributed by atoms with E-state index in [1.807, 2.05) is 0 Å². The molecule has 0 radical (unpaired) electrons. The molecular weight excluding hydrogens is 248 g/mol. The predicted molar refractivity (Wildman–Crippen MR) is 67.2 cm³/mol. The number of carbonyl (C=O) groups excluding carboxylic acids is 2. The number of aromatic nitrogens is 2. The minimum atomic E-state index is -0.979. The van der Waals surface area contributed by atoms with Gasteiger partial charge in [0.15, 0.2) is 5.60 Å². The van der Waals surface area contributed by atoms with Gasteiger partial charge >= 0.3 is 0 Å². The van der Waals surface area contributed by atoms with Crippen molar-refractivity contribution in [3.8, 4) is 0 Å². The molecule has 104 valence electrons. The van der Waals surface area contributed by atoms with E-state index in [9.17, 15) is 9.59 Å². The second kappa shape index (κ2) is 5.40. The maximum Gasteiger partial charge on any atom is 0.253 e. The molecule has 1 fully saturated rings. The van der Waals surface area contributed by atoms with Crippen LogP contribution in [0.2, 0.25) is 0 Å². The molecule has 1 N–H and O–H groups in total. The number of carbonyl (C=O) groups is 2. The van der Waals surface area contributed by atoms with Gasteiger partial charge in [-0.15, -0.1) is 0 Å². The van der Waals surface area contributed by atoms with Crippen molar-refractivity contribution in [3.63, 3.8) is 0 Å². The summed E-state index contributed by atoms with van der Waals surface area (Å²) in [5.74, 6) is -0.286. The van der Waals surface area contributed by atoms with E-state index in [1.165, 1.54) is 0 Å². The maximum atomic E-state index is 12.1. The van der Waals surface area contributed by atoms with Crippen LogP contribution in [0.4, 0.5) is 0 Å². The number of ether oxygens (including phenoxy) is 1. The van der Waals surface area contributed by atoms with E-state index in [4.69, 9.17) is 4.74 Å². The van der Waals surface area contributed by atoms with Crippen molar-refractivity contribution in [2.24, 2.45) is 0 Å². The fourth-order valence-corrected chi connectivity index (χ4v) is 2.12. The number of rotatable bonds is 3. The van der Waals surface area contributed by atoms with Crippen LogP contribution in [0, 0.1) is 0 Å². The zero-order valence-corrected chi connectivity index (χ0v) is 11.1. The lowest BCUT2D eigenvalue weighted by atomic mass is 10.0. The van der Waals surface area contributed by atoms with Gasteiger partial charge in [-0.25, -0.2) is 0 Å². The molecule has 2 rings (SSSR count). The Bertz CT molecular complexity index is 460. The molecular formula is C12H18N4O3. The fourth-order valence-electron chi connectivity index (χ4n) is 2.12. The van der Waals surface area contributed by atoms with Gasteiger partial charge in [-0.05, 0) is 13.0 Å². The molecule has 1 aliphatic rings. The minimum Gasteiger partial charge on any atom is -0.362 e. The van der Waals surface area contributed by atoms with Crippen LogP contribution in [-0.2, 0) is 20.9 Å². The van der Waals surface area contributed by atoms with Crippen molar-refractivity contribution in [3.05, 3.63) is 18.5 Å². The molecule has 0 aromatic carbocycles. The molecule has 1 aliphatic heterocycles. The molecule has 2 amide bonds. The van der Waals surface area contributed by atoms with Crippen molar-refractivity contribution in [1.29, 1.82) is 0 Å². The lowest BCUT2D eigenvalue weighted by Gasteiger charge is -2.39. The summed E-state index contributed by atoms with van der Waals surface area (Å²) in [4.78, 5) is 25.6. The van der Waals surface area contributed by atoms with Crippen LogP contribution in [0.5, 0.6) is 0 Å². The Morgan fingerprint density at radius 3 is 2.95 bits per heavy atom. The van der Waals surface area contributed by atoms with Crippen LogP contribution in [0.15, 0.2) is 18.5 Å². The van der Waals surface area contributed by atoms with Crippen molar-refractivity contribution in [1.82, 2.24) is 20.0 Å². The van der Waals surface area contributed by atoms with Crippen molar-refractivity contribution in [2.45, 2.75) is 19.1 Å². The number of amides is 2. The smallest absolute Gasteiger partial charge is 0.253 e. The molecule has 1 atom stereocenters. The van der Waals surface area contributed by atoms with E-state index in [0.29, 0.717) is 13.2 Å². The second-order valence-corrected chi connectivity index (χ2v) is 4.68. The normalized spacial score (nSPS) is 23.2. The van der Waals surface area contributed by atoms with Crippen LogP contribution < -0.4 is 5.32 Å². The van der Waals surface area contributed by atoms with Crippen molar-refractivity contribution >= 4 is 11.8 Å². The maximum absolute atomic E-state index is 12.1. The Morgan fingerprint density at radius 1 is 1.53 bits per heavy atom. The van der Waals surface area contributed by atoms with Gasteiger partial charge in [-0.3, -0.25) is 14.3 Å². The summed E-state index contributed by atoms with van der Waals surface area (Å²) in [6, 6.07) is 1.77. The number of nitrogens with one attached hydrogen (secondary N) is 1. The summed E-state index contributed by atoms with van der Waals surface area (Å²) < 4.78 is 7.07. The summed E-state index contributed by atoms with van der Waals surface area (Å²) >= 11 is 0. The number of hydrogen-bond acceptors (Lipinski definition) is 4. The molecule has 0 bridgehead atoms. The summed E-state index contributed by atoms with van der Waals surface area (Å²) in [6.45, 7) is 2.98. The van der Waals surface area contributed by atoms with Gasteiger partial charge in [-0.1, -0.05) is 0 Å². The van der Waals surface area contributed by atoms with Gasteiger partial charge < -0.3 is 15.0 Å². The Hall–Kier alpha value is -1.89. The van der Waals surface area contributed by atoms with Gasteiger partial charge in [0.1, 0.15) is 6.54 Å². The summed E-state index contributed by atoms with van der Waals surface area (Å²) in [7, 11) is 1.56. The lowest BCUT2D eigenvalue weighted by Crippen LogP contribution is -2.59. The number of likely N-dealkylation sites (N-methyl/N-ethyl adjacent to an activating group) is 1. The molecule has 0 saturated carbocycles. The highest BCUT2D eigenvalue weighted by Gasteiger charge is 2.40. The first-order valence-electron chi connectivity index (χ1n) is 6.16. The van der Waals surface area contributed by atoms with Crippen LogP contribution in [0.25, 0.3) is 0 Å². The lowest BCUT2D eigenvalue weighted by molar-refractivity contribution is -0.162. The molecule has 7 nitrogen and oxygen atoms in total. The van der Waals surface area contributed by atoms with E-state index >= 15 is 0 Å². The first kappa shape index (κ1) is 13.5. The third-order valence-corrected chi connectivity index (χ3v) is 3.19. The summed E-state index contributed by atoms with van der Waals surface area (Å²) in [6.07, 6.45) is 3.36. The first-order valence-corrected chi connectivity index (χ1v) is 6.16. The first-order chi connectivity index (χ1) is 9.05. The third kappa shape index (κ3) is 2.93. The van der Waals surface area contributed by atoms with E-state index < -0.39 is 5.60 Å². The fraction of sp³-hybridized carbons (Fsp3) is 0.583. The standard InChI is InChI=1S/C12H18N4O3/c1-12(11(18)13-2)9-15(6-7-19-12)10(17)8-16-5-3-4-14-16/h3-5H,6-9H2,1-2H3,(H,13,18)/t12-/m0/s1. The molecule has 1 aromatic heterocycles. The molecule has 1 saturated heterocycles. The van der Waals surface area contributed by atoms with Crippen LogP contribution in [-0.4, -0.2) is 58.8 Å². The second-order valence-electron chi connectivity index (χ2n) is 4.68.